The van der Waals surface area contributed by atoms with Gasteiger partial charge < -0.3 is 15.3 Å². The molecule has 1 aliphatic rings. The smallest absolute Gasteiger partial charge is 0.0869 e. The maximum Gasteiger partial charge on any atom is 0.0869 e. The van der Waals surface area contributed by atoms with Crippen molar-refractivity contribution in [3.63, 3.8) is 0 Å². The molecule has 3 nitrogen and oxygen atoms in total. The van der Waals surface area contributed by atoms with E-state index in [1.165, 1.54) is 10.5 Å². The van der Waals surface area contributed by atoms with Gasteiger partial charge in [-0.2, -0.15) is 0 Å². The molecule has 1 heterocycles. The predicted molar refractivity (Wildman–Crippen MR) is 81.8 cm³/mol. The number of fused-ring (bicyclic) bond motifs is 1. The van der Waals surface area contributed by atoms with Crippen LogP contribution in [0.2, 0.25) is 0 Å². The van der Waals surface area contributed by atoms with E-state index in [4.69, 9.17) is 0 Å². The molecule has 0 radical (unpaired) electrons. The van der Waals surface area contributed by atoms with Crippen LogP contribution in [0.1, 0.15) is 12.5 Å². The topological polar surface area (TPSA) is 35.5 Å². The third-order valence-electron chi connectivity index (χ3n) is 3.25. The summed E-state index contributed by atoms with van der Waals surface area (Å²) in [4.78, 5) is 3.43. The van der Waals surface area contributed by atoms with Gasteiger partial charge in [0.2, 0.25) is 0 Å². The van der Waals surface area contributed by atoms with E-state index in [1.807, 2.05) is 37.7 Å². The van der Waals surface area contributed by atoms with Gasteiger partial charge >= 0.3 is 0 Å². The summed E-state index contributed by atoms with van der Waals surface area (Å²) < 4.78 is 0. The van der Waals surface area contributed by atoms with Gasteiger partial charge in [-0.15, -0.1) is 11.8 Å². The van der Waals surface area contributed by atoms with Crippen LogP contribution in [0.15, 0.2) is 29.2 Å². The molecule has 4 heteroatoms. The third-order valence-corrected chi connectivity index (χ3v) is 4.57. The minimum atomic E-state index is -0.667. The molecule has 1 aromatic rings. The highest BCUT2D eigenvalue weighted by Gasteiger charge is 2.24. The molecule has 0 spiro atoms. The molecule has 0 aliphatic carbocycles. The Balaban J connectivity index is 1.74. The second-order valence-corrected chi connectivity index (χ2v) is 7.26. The van der Waals surface area contributed by atoms with Gasteiger partial charge in [-0.3, -0.25) is 0 Å². The molecule has 2 rings (SSSR count). The van der Waals surface area contributed by atoms with Crippen LogP contribution in [0.4, 0.5) is 0 Å². The fourth-order valence-corrected chi connectivity index (χ4v) is 3.89. The highest BCUT2D eigenvalue weighted by molar-refractivity contribution is 8.00. The molecule has 106 valence electrons. The largest absolute Gasteiger partial charge is 0.388 e. The molecule has 0 amide bonds. The number of hydrogen-bond acceptors (Lipinski definition) is 4. The Hall–Kier alpha value is -0.550. The lowest BCUT2D eigenvalue weighted by molar-refractivity contribution is 0.0341. The van der Waals surface area contributed by atoms with Gasteiger partial charge in [0.25, 0.3) is 0 Å². The van der Waals surface area contributed by atoms with E-state index in [-0.39, 0.29) is 0 Å². The summed E-state index contributed by atoms with van der Waals surface area (Å²) in [7, 11) is 3.97. The van der Waals surface area contributed by atoms with Crippen molar-refractivity contribution in [3.05, 3.63) is 29.8 Å². The van der Waals surface area contributed by atoms with Crippen LogP contribution in [0.5, 0.6) is 0 Å². The van der Waals surface area contributed by atoms with E-state index in [0.29, 0.717) is 18.3 Å². The molecule has 0 fully saturated rings. The highest BCUT2D eigenvalue weighted by Crippen LogP contribution is 2.36. The Labute approximate surface area is 120 Å². The Morgan fingerprint density at radius 3 is 2.84 bits per heavy atom. The first-order chi connectivity index (χ1) is 8.96. The van der Waals surface area contributed by atoms with E-state index in [2.05, 4.69) is 29.6 Å². The van der Waals surface area contributed by atoms with E-state index in [9.17, 15) is 5.11 Å². The van der Waals surface area contributed by atoms with Gasteiger partial charge in [-0.25, -0.2) is 0 Å². The van der Waals surface area contributed by atoms with Gasteiger partial charge in [-0.1, -0.05) is 18.2 Å². The first-order valence-corrected chi connectivity index (χ1v) is 7.67. The van der Waals surface area contributed by atoms with E-state index < -0.39 is 5.60 Å². The van der Waals surface area contributed by atoms with Crippen LogP contribution in [-0.4, -0.2) is 54.6 Å². The molecular formula is C15H24N2OS. The average Bonchev–Trinajstić information content (AvgIpc) is 2.69. The van der Waals surface area contributed by atoms with Crippen LogP contribution in [0, 0.1) is 0 Å². The SMILES string of the molecule is CN(C)CC(C)(O)CNCC1Cc2ccccc2S1. The van der Waals surface area contributed by atoms with E-state index >= 15 is 0 Å². The Kier molecular flexibility index (Phi) is 4.90. The first kappa shape index (κ1) is 14.9. The first-order valence-electron chi connectivity index (χ1n) is 6.79. The van der Waals surface area contributed by atoms with Gasteiger partial charge in [0, 0.05) is 29.8 Å². The van der Waals surface area contributed by atoms with Crippen molar-refractivity contribution in [2.24, 2.45) is 0 Å². The Morgan fingerprint density at radius 2 is 2.16 bits per heavy atom. The maximum absolute atomic E-state index is 10.2. The lowest BCUT2D eigenvalue weighted by Crippen LogP contribution is -2.46. The average molecular weight is 280 g/mol. The number of hydrogen-bond donors (Lipinski definition) is 2. The Morgan fingerprint density at radius 1 is 1.42 bits per heavy atom. The zero-order valence-corrected chi connectivity index (χ0v) is 12.8. The number of thioether (sulfide) groups is 1. The molecular weight excluding hydrogens is 256 g/mol. The Bertz CT molecular complexity index is 395. The van der Waals surface area contributed by atoms with Crippen molar-refractivity contribution in [1.82, 2.24) is 10.2 Å². The summed E-state index contributed by atoms with van der Waals surface area (Å²) in [5.41, 5.74) is 0.791. The molecule has 2 atom stereocenters. The van der Waals surface area contributed by atoms with Crippen LogP contribution in [0.25, 0.3) is 0 Å². The second kappa shape index (κ2) is 6.27. The number of benzene rings is 1. The van der Waals surface area contributed by atoms with Crippen molar-refractivity contribution in [1.29, 1.82) is 0 Å². The fourth-order valence-electron chi connectivity index (χ4n) is 2.61. The molecule has 2 N–H and O–H groups in total. The summed E-state index contributed by atoms with van der Waals surface area (Å²) >= 11 is 1.95. The molecule has 1 aliphatic heterocycles. The predicted octanol–water partition coefficient (Wildman–Crippen LogP) is 1.61. The number of rotatable bonds is 6. The quantitative estimate of drug-likeness (QED) is 0.830. The van der Waals surface area contributed by atoms with Crippen LogP contribution in [0.3, 0.4) is 0 Å². The number of aliphatic hydroxyl groups is 1. The second-order valence-electron chi connectivity index (χ2n) is 5.92. The molecule has 19 heavy (non-hydrogen) atoms. The molecule has 0 bridgehead atoms. The normalized spacial score (nSPS) is 21.4. The third kappa shape index (κ3) is 4.49. The minimum absolute atomic E-state index is 0.590. The number of nitrogens with zero attached hydrogens (tertiary/aromatic N) is 1. The summed E-state index contributed by atoms with van der Waals surface area (Å²) in [5, 5.41) is 14.2. The number of nitrogens with one attached hydrogen (secondary N) is 1. The molecule has 0 aromatic heterocycles. The lowest BCUT2D eigenvalue weighted by Gasteiger charge is -2.27. The monoisotopic (exact) mass is 280 g/mol. The summed E-state index contributed by atoms with van der Waals surface area (Å²) in [6, 6.07) is 8.62. The van der Waals surface area contributed by atoms with Crippen LogP contribution < -0.4 is 5.32 Å². The maximum atomic E-state index is 10.2. The van der Waals surface area contributed by atoms with Crippen LogP contribution in [-0.2, 0) is 6.42 Å². The van der Waals surface area contributed by atoms with Gasteiger partial charge in [-0.05, 0) is 39.1 Å². The minimum Gasteiger partial charge on any atom is -0.388 e. The van der Waals surface area contributed by atoms with Crippen molar-refractivity contribution in [2.45, 2.75) is 29.1 Å². The van der Waals surface area contributed by atoms with Crippen LogP contribution >= 0.6 is 11.8 Å². The van der Waals surface area contributed by atoms with Gasteiger partial charge in [0.15, 0.2) is 0 Å². The zero-order chi connectivity index (χ0) is 13.9. The van der Waals surface area contributed by atoms with E-state index in [0.717, 1.165) is 13.0 Å². The van der Waals surface area contributed by atoms with Gasteiger partial charge in [0.05, 0.1) is 5.60 Å². The van der Waals surface area contributed by atoms with Crippen molar-refractivity contribution in [2.75, 3.05) is 33.7 Å². The summed E-state index contributed by atoms with van der Waals surface area (Å²) in [6.07, 6.45) is 1.13. The van der Waals surface area contributed by atoms with Crippen molar-refractivity contribution < 1.29 is 5.11 Å². The fraction of sp³-hybridized carbons (Fsp3) is 0.600. The number of likely N-dealkylation sites (N-methyl/N-ethyl adjacent to an activating group) is 1. The molecule has 2 unspecified atom stereocenters. The van der Waals surface area contributed by atoms with Crippen molar-refractivity contribution >= 4 is 11.8 Å². The lowest BCUT2D eigenvalue weighted by atomic mass is 10.1. The van der Waals surface area contributed by atoms with E-state index in [1.54, 1.807) is 0 Å². The summed E-state index contributed by atoms with van der Waals surface area (Å²) in [6.45, 7) is 4.15. The standard InChI is InChI=1S/C15H24N2OS/c1-15(18,11-17(2)3)10-16-9-13-8-12-6-4-5-7-14(12)19-13/h4-7,13,16,18H,8-11H2,1-3H3. The van der Waals surface area contributed by atoms with Crippen molar-refractivity contribution in [3.8, 4) is 0 Å². The highest BCUT2D eigenvalue weighted by atomic mass is 32.2. The molecule has 1 aromatic carbocycles. The molecule has 0 saturated carbocycles. The molecule has 0 saturated heterocycles. The van der Waals surface area contributed by atoms with Gasteiger partial charge in [0.1, 0.15) is 0 Å². The summed E-state index contributed by atoms with van der Waals surface area (Å²) in [5.74, 6) is 0. The zero-order valence-electron chi connectivity index (χ0n) is 12.0.